The third kappa shape index (κ3) is 4.69. The Morgan fingerprint density at radius 3 is 2.83 bits per heavy atom. The van der Waals surface area contributed by atoms with E-state index < -0.39 is 0 Å². The van der Waals surface area contributed by atoms with E-state index in [4.69, 9.17) is 4.74 Å². The van der Waals surface area contributed by atoms with Crippen LogP contribution >= 0.6 is 23.7 Å². The normalized spacial score (nSPS) is 17.0. The molecule has 1 aromatic heterocycles. The number of amides is 1. The zero-order valence-corrected chi connectivity index (χ0v) is 15.2. The van der Waals surface area contributed by atoms with Gasteiger partial charge in [-0.3, -0.25) is 4.79 Å². The number of ether oxygens (including phenoxy) is 1. The molecule has 1 amide bonds. The maximum Gasteiger partial charge on any atom is 0.243 e. The summed E-state index contributed by atoms with van der Waals surface area (Å²) in [5.74, 6) is 0.862. The highest BCUT2D eigenvalue weighted by Gasteiger charge is 2.21. The van der Waals surface area contributed by atoms with Gasteiger partial charge in [-0.15, -0.1) is 23.7 Å². The van der Waals surface area contributed by atoms with Gasteiger partial charge < -0.3 is 15.4 Å². The highest BCUT2D eigenvalue weighted by atomic mass is 35.5. The molecule has 2 N–H and O–H groups in total. The van der Waals surface area contributed by atoms with E-state index in [2.05, 4.69) is 15.6 Å². The van der Waals surface area contributed by atoms with Gasteiger partial charge in [-0.2, -0.15) is 0 Å². The molecular weight excluding hydrogens is 346 g/mol. The fraction of sp³-hybridized carbons (Fsp3) is 0.412. The molecule has 24 heavy (non-hydrogen) atoms. The number of rotatable bonds is 5. The van der Waals surface area contributed by atoms with Gasteiger partial charge in [0.05, 0.1) is 18.3 Å². The van der Waals surface area contributed by atoms with Crippen LogP contribution in [0, 0.1) is 0 Å². The lowest BCUT2D eigenvalue weighted by Crippen LogP contribution is -2.43. The molecule has 1 saturated heterocycles. The number of halogens is 1. The number of hydrogen-bond acceptors (Lipinski definition) is 5. The largest absolute Gasteiger partial charge is 0.494 e. The van der Waals surface area contributed by atoms with Crippen LogP contribution in [0.5, 0.6) is 5.75 Å². The maximum absolute atomic E-state index is 12.2. The van der Waals surface area contributed by atoms with Gasteiger partial charge in [-0.05, 0) is 50.6 Å². The smallest absolute Gasteiger partial charge is 0.243 e. The average molecular weight is 368 g/mol. The van der Waals surface area contributed by atoms with E-state index in [1.165, 1.54) is 11.3 Å². The maximum atomic E-state index is 12.2. The molecule has 2 heterocycles. The SMILES string of the molecule is CCOc1ccc(-c2csc(NC(=O)C3CCCCN3)n2)cc1.Cl. The summed E-state index contributed by atoms with van der Waals surface area (Å²) in [6.07, 6.45) is 3.13. The van der Waals surface area contributed by atoms with Crippen molar-refractivity contribution in [3.63, 3.8) is 0 Å². The zero-order chi connectivity index (χ0) is 16.1. The van der Waals surface area contributed by atoms with Gasteiger partial charge in [0.2, 0.25) is 5.91 Å². The number of nitrogens with one attached hydrogen (secondary N) is 2. The molecule has 3 rings (SSSR count). The topological polar surface area (TPSA) is 63.2 Å². The minimum atomic E-state index is -0.0958. The monoisotopic (exact) mass is 367 g/mol. The Bertz CT molecular complexity index is 654. The van der Waals surface area contributed by atoms with Gasteiger partial charge in [0.25, 0.3) is 0 Å². The summed E-state index contributed by atoms with van der Waals surface area (Å²) < 4.78 is 5.44. The van der Waals surface area contributed by atoms with Crippen molar-refractivity contribution in [1.82, 2.24) is 10.3 Å². The second-order valence-corrected chi connectivity index (χ2v) is 6.35. The van der Waals surface area contributed by atoms with Crippen molar-refractivity contribution in [3.05, 3.63) is 29.6 Å². The summed E-state index contributed by atoms with van der Waals surface area (Å²) in [6, 6.07) is 7.73. The van der Waals surface area contributed by atoms with Crippen LogP contribution in [0.15, 0.2) is 29.6 Å². The third-order valence-corrected chi connectivity index (χ3v) is 4.58. The van der Waals surface area contributed by atoms with E-state index in [-0.39, 0.29) is 24.4 Å². The second-order valence-electron chi connectivity index (χ2n) is 5.49. The highest BCUT2D eigenvalue weighted by Crippen LogP contribution is 2.26. The van der Waals surface area contributed by atoms with Crippen molar-refractivity contribution in [2.45, 2.75) is 32.2 Å². The number of nitrogens with zero attached hydrogens (tertiary/aromatic N) is 1. The summed E-state index contributed by atoms with van der Waals surface area (Å²) in [7, 11) is 0. The highest BCUT2D eigenvalue weighted by molar-refractivity contribution is 7.14. The fourth-order valence-electron chi connectivity index (χ4n) is 2.62. The van der Waals surface area contributed by atoms with E-state index in [0.717, 1.165) is 42.8 Å². The van der Waals surface area contributed by atoms with Crippen LogP contribution in [0.2, 0.25) is 0 Å². The van der Waals surface area contributed by atoms with Gasteiger partial charge >= 0.3 is 0 Å². The van der Waals surface area contributed by atoms with Crippen LogP contribution < -0.4 is 15.4 Å². The minimum absolute atomic E-state index is 0. The summed E-state index contributed by atoms with van der Waals surface area (Å²) in [5, 5.41) is 8.76. The van der Waals surface area contributed by atoms with Gasteiger partial charge in [0.15, 0.2) is 5.13 Å². The van der Waals surface area contributed by atoms with Crippen LogP contribution in [-0.4, -0.2) is 30.1 Å². The lowest BCUT2D eigenvalue weighted by molar-refractivity contribution is -0.118. The first-order valence-corrected chi connectivity index (χ1v) is 8.87. The number of hydrogen-bond donors (Lipinski definition) is 2. The number of piperidine rings is 1. The number of thiazole rings is 1. The van der Waals surface area contributed by atoms with Crippen molar-refractivity contribution in [2.24, 2.45) is 0 Å². The Kier molecular flexibility index (Phi) is 7.02. The summed E-state index contributed by atoms with van der Waals surface area (Å²) >= 11 is 1.45. The molecule has 0 saturated carbocycles. The van der Waals surface area contributed by atoms with Crippen molar-refractivity contribution < 1.29 is 9.53 Å². The fourth-order valence-corrected chi connectivity index (χ4v) is 3.34. The van der Waals surface area contributed by atoms with Crippen molar-refractivity contribution in [1.29, 1.82) is 0 Å². The standard InChI is InChI=1S/C17H21N3O2S.ClH/c1-2-22-13-8-6-12(7-9-13)15-11-23-17(19-15)20-16(21)14-5-3-4-10-18-14;/h6-9,11,14,18H,2-5,10H2,1H3,(H,19,20,21);1H. The van der Waals surface area contributed by atoms with Crippen LogP contribution in [-0.2, 0) is 4.79 Å². The Labute approximate surface area is 152 Å². The number of benzene rings is 1. The van der Waals surface area contributed by atoms with Gasteiger partial charge in [0.1, 0.15) is 5.75 Å². The molecular formula is C17H22ClN3O2S. The molecule has 0 spiro atoms. The molecule has 7 heteroatoms. The Morgan fingerprint density at radius 1 is 1.38 bits per heavy atom. The average Bonchev–Trinajstić information content (AvgIpc) is 3.05. The molecule has 1 fully saturated rings. The number of carbonyl (C=O) groups is 1. The summed E-state index contributed by atoms with van der Waals surface area (Å²) in [6.45, 7) is 3.53. The van der Waals surface area contributed by atoms with Crippen molar-refractivity contribution >= 4 is 34.8 Å². The summed E-state index contributed by atoms with van der Waals surface area (Å²) in [5.41, 5.74) is 1.88. The second kappa shape index (κ2) is 9.01. The van der Waals surface area contributed by atoms with Crippen LogP contribution in [0.4, 0.5) is 5.13 Å². The van der Waals surface area contributed by atoms with Gasteiger partial charge in [-0.1, -0.05) is 6.42 Å². The quantitative estimate of drug-likeness (QED) is 0.845. The molecule has 2 aromatic rings. The molecule has 1 atom stereocenters. The third-order valence-electron chi connectivity index (χ3n) is 3.82. The van der Waals surface area contributed by atoms with E-state index in [1.54, 1.807) is 0 Å². The molecule has 1 aliphatic heterocycles. The minimum Gasteiger partial charge on any atom is -0.494 e. The lowest BCUT2D eigenvalue weighted by atomic mass is 10.0. The Morgan fingerprint density at radius 2 is 2.17 bits per heavy atom. The van der Waals surface area contributed by atoms with E-state index in [9.17, 15) is 4.79 Å². The van der Waals surface area contributed by atoms with Gasteiger partial charge in [-0.25, -0.2) is 4.98 Å². The Hall–Kier alpha value is -1.63. The molecule has 5 nitrogen and oxygen atoms in total. The van der Waals surface area contributed by atoms with Crippen LogP contribution in [0.1, 0.15) is 26.2 Å². The van der Waals surface area contributed by atoms with E-state index in [0.29, 0.717) is 11.7 Å². The molecule has 1 aliphatic rings. The number of carbonyl (C=O) groups excluding carboxylic acids is 1. The van der Waals surface area contributed by atoms with E-state index >= 15 is 0 Å². The Balaban J connectivity index is 0.00000208. The van der Waals surface area contributed by atoms with Gasteiger partial charge in [0, 0.05) is 10.9 Å². The van der Waals surface area contributed by atoms with Crippen molar-refractivity contribution in [2.75, 3.05) is 18.5 Å². The lowest BCUT2D eigenvalue weighted by Gasteiger charge is -2.21. The zero-order valence-electron chi connectivity index (χ0n) is 13.6. The predicted octanol–water partition coefficient (Wildman–Crippen LogP) is 3.71. The molecule has 0 radical (unpaired) electrons. The van der Waals surface area contributed by atoms with Crippen LogP contribution in [0.3, 0.4) is 0 Å². The first-order chi connectivity index (χ1) is 11.3. The van der Waals surface area contributed by atoms with Crippen LogP contribution in [0.25, 0.3) is 11.3 Å². The first kappa shape index (κ1) is 18.7. The number of anilines is 1. The first-order valence-electron chi connectivity index (χ1n) is 7.99. The molecule has 130 valence electrons. The molecule has 1 unspecified atom stereocenters. The summed E-state index contributed by atoms with van der Waals surface area (Å²) in [4.78, 5) is 16.7. The van der Waals surface area contributed by atoms with Crippen molar-refractivity contribution in [3.8, 4) is 17.0 Å². The molecule has 1 aromatic carbocycles. The van der Waals surface area contributed by atoms with E-state index in [1.807, 2.05) is 36.6 Å². The molecule has 0 bridgehead atoms. The molecule has 0 aliphatic carbocycles. The number of aromatic nitrogens is 1. The predicted molar refractivity (Wildman–Crippen MR) is 100 cm³/mol.